The fraction of sp³-hybridized carbons (Fsp3) is 0.875. The summed E-state index contributed by atoms with van der Waals surface area (Å²) in [6.45, 7) is 18.4. The van der Waals surface area contributed by atoms with Crippen LogP contribution < -0.4 is 0 Å². The summed E-state index contributed by atoms with van der Waals surface area (Å²) in [6.07, 6.45) is 13.2. The van der Waals surface area contributed by atoms with Crippen LogP contribution in [0.15, 0.2) is 24.8 Å². The Morgan fingerprint density at radius 1 is 1.02 bits per heavy atom. The fourth-order valence-corrected chi connectivity index (χ4v) is 11.8. The predicted octanol–water partition coefficient (Wildman–Crippen LogP) is 7.82. The number of rotatable bonds is 12. The van der Waals surface area contributed by atoms with E-state index in [9.17, 15) is 9.90 Å². The molecule has 0 aromatic carbocycles. The third kappa shape index (κ3) is 10.4. The zero-order valence-electron chi connectivity index (χ0n) is 32.4. The minimum Gasteiger partial charge on any atom is -0.465 e. The molecule has 5 aliphatic rings. The maximum atomic E-state index is 12.2. The first-order valence-corrected chi connectivity index (χ1v) is 21.4. The molecule has 1 spiro atoms. The maximum absolute atomic E-state index is 12.2. The van der Waals surface area contributed by atoms with E-state index >= 15 is 0 Å². The van der Waals surface area contributed by atoms with Gasteiger partial charge in [0, 0.05) is 51.0 Å². The molecular weight excluding hydrogens is 689 g/mol. The lowest BCUT2D eigenvalue weighted by atomic mass is 9.86. The standard InChI is InChI=1S/C40H66O9S2/c1-10-27(3)40(50-21-12-22-51-40)35(41)34-32(43-9)16-19-39(49-34)18-15-26(2)33(48-39)25-31-24-30(46-38(7,8)47-31)23-29-14-11-13-28(45-29)17-20-44-36(42)37(4,5)6/h10,15,18,26-35,41H,1,11-14,16-17,19-25H2,2-9H3/t26-,27-,28+,29-,30+,31-,32-,33+,34-,35+,39-/m0/s1. The van der Waals surface area contributed by atoms with Gasteiger partial charge in [-0.1, -0.05) is 26.0 Å². The predicted molar refractivity (Wildman–Crippen MR) is 204 cm³/mol. The Morgan fingerprint density at radius 2 is 1.71 bits per heavy atom. The quantitative estimate of drug-likeness (QED) is 0.156. The van der Waals surface area contributed by atoms with Crippen LogP contribution in [-0.2, 0) is 38.0 Å². The molecule has 0 aliphatic carbocycles. The average Bonchev–Trinajstić information content (AvgIpc) is 3.08. The van der Waals surface area contributed by atoms with Gasteiger partial charge < -0.3 is 38.3 Å². The van der Waals surface area contributed by atoms with Gasteiger partial charge in [0.1, 0.15) is 12.2 Å². The van der Waals surface area contributed by atoms with Gasteiger partial charge in [-0.25, -0.2) is 0 Å². The zero-order chi connectivity index (χ0) is 37.0. The molecule has 0 bridgehead atoms. The van der Waals surface area contributed by atoms with E-state index in [2.05, 4.69) is 32.6 Å². The van der Waals surface area contributed by atoms with E-state index in [4.69, 9.17) is 33.2 Å². The molecule has 292 valence electrons. The summed E-state index contributed by atoms with van der Waals surface area (Å²) in [4.78, 5) is 12.2. The molecule has 0 aromatic heterocycles. The third-order valence-electron chi connectivity index (χ3n) is 11.2. The molecule has 4 saturated heterocycles. The second-order valence-electron chi connectivity index (χ2n) is 16.9. The highest BCUT2D eigenvalue weighted by atomic mass is 32.2. The Hall–Kier alpha value is -0.630. The lowest BCUT2D eigenvalue weighted by molar-refractivity contribution is -0.329. The Morgan fingerprint density at radius 3 is 2.37 bits per heavy atom. The van der Waals surface area contributed by atoms with Crippen LogP contribution in [0.25, 0.3) is 0 Å². The van der Waals surface area contributed by atoms with E-state index in [1.807, 2.05) is 64.2 Å². The normalized spacial score (nSPS) is 38.1. The lowest BCUT2D eigenvalue weighted by Crippen LogP contribution is -2.61. The van der Waals surface area contributed by atoms with Gasteiger partial charge in [-0.3, -0.25) is 4.79 Å². The molecule has 5 heterocycles. The summed E-state index contributed by atoms with van der Waals surface area (Å²) in [5, 5.41) is 12.1. The van der Waals surface area contributed by atoms with Crippen molar-refractivity contribution in [1.29, 1.82) is 0 Å². The third-order valence-corrected chi connectivity index (χ3v) is 15.0. The topological polar surface area (TPSA) is 102 Å². The van der Waals surface area contributed by atoms with Crippen LogP contribution in [0.1, 0.15) is 113 Å². The zero-order valence-corrected chi connectivity index (χ0v) is 34.1. The lowest BCUT2D eigenvalue weighted by Gasteiger charge is -2.52. The largest absolute Gasteiger partial charge is 0.465 e. The number of methoxy groups -OCH3 is 1. The Bertz CT molecular complexity index is 1180. The summed E-state index contributed by atoms with van der Waals surface area (Å²) in [5.74, 6) is 0.405. The molecule has 51 heavy (non-hydrogen) atoms. The summed E-state index contributed by atoms with van der Waals surface area (Å²) in [6, 6.07) is 0. The second-order valence-corrected chi connectivity index (χ2v) is 19.9. The smallest absolute Gasteiger partial charge is 0.311 e. The van der Waals surface area contributed by atoms with Crippen molar-refractivity contribution in [2.45, 2.75) is 177 Å². The number of aliphatic hydroxyl groups excluding tert-OH is 1. The summed E-state index contributed by atoms with van der Waals surface area (Å²) in [7, 11) is 1.71. The van der Waals surface area contributed by atoms with Gasteiger partial charge in [0.15, 0.2) is 11.6 Å². The number of ether oxygens (including phenoxy) is 7. The summed E-state index contributed by atoms with van der Waals surface area (Å²) >= 11 is 3.65. The van der Waals surface area contributed by atoms with Crippen LogP contribution in [0.5, 0.6) is 0 Å². The number of allylic oxidation sites excluding steroid dienone is 1. The van der Waals surface area contributed by atoms with Crippen molar-refractivity contribution in [3.05, 3.63) is 24.8 Å². The van der Waals surface area contributed by atoms with Crippen LogP contribution in [0.3, 0.4) is 0 Å². The van der Waals surface area contributed by atoms with Crippen molar-refractivity contribution in [3.63, 3.8) is 0 Å². The molecule has 11 atom stereocenters. The SMILES string of the molecule is C=C[C@H](C)C1([C@H](O)[C@H]2O[C@@]3(C=C[C@H](C)[C@@H](C[C@@H]4C[C@@H](C[C@@H]5CCC[C@H](CCOC(=O)C(C)(C)C)O5)OC(C)(C)O4)O3)CC[C@@H]2OC)SCCCS1. The summed E-state index contributed by atoms with van der Waals surface area (Å²) in [5.41, 5.74) is -0.501. The van der Waals surface area contributed by atoms with Crippen LogP contribution >= 0.6 is 23.5 Å². The van der Waals surface area contributed by atoms with Crippen molar-refractivity contribution in [1.82, 2.24) is 0 Å². The van der Waals surface area contributed by atoms with Crippen LogP contribution in [0.2, 0.25) is 0 Å². The number of carbonyl (C=O) groups excluding carboxylic acids is 1. The molecule has 4 fully saturated rings. The first kappa shape index (κ1) is 41.5. The number of aliphatic hydroxyl groups is 1. The molecule has 0 saturated carbocycles. The highest BCUT2D eigenvalue weighted by Crippen LogP contribution is 2.53. The minimum atomic E-state index is -0.938. The molecule has 5 rings (SSSR count). The van der Waals surface area contributed by atoms with E-state index < -0.39 is 33.3 Å². The average molecular weight is 755 g/mol. The molecular formula is C40H66O9S2. The van der Waals surface area contributed by atoms with Crippen molar-refractivity contribution < 1.29 is 43.1 Å². The molecule has 0 aromatic rings. The van der Waals surface area contributed by atoms with E-state index in [0.717, 1.165) is 56.5 Å². The first-order chi connectivity index (χ1) is 24.1. The molecule has 5 aliphatic heterocycles. The van der Waals surface area contributed by atoms with Gasteiger partial charge in [-0.2, -0.15) is 0 Å². The highest BCUT2D eigenvalue weighted by Gasteiger charge is 2.55. The van der Waals surface area contributed by atoms with Gasteiger partial charge in [0.05, 0.1) is 52.7 Å². The number of hydrogen-bond donors (Lipinski definition) is 1. The fourth-order valence-electron chi connectivity index (χ4n) is 8.28. The summed E-state index contributed by atoms with van der Waals surface area (Å²) < 4.78 is 44.4. The number of hydrogen-bond acceptors (Lipinski definition) is 11. The number of esters is 1. The van der Waals surface area contributed by atoms with Gasteiger partial charge in [0.25, 0.3) is 0 Å². The van der Waals surface area contributed by atoms with E-state index in [-0.39, 0.29) is 54.4 Å². The van der Waals surface area contributed by atoms with Gasteiger partial charge in [-0.05, 0) is 84.3 Å². The van der Waals surface area contributed by atoms with Crippen molar-refractivity contribution in [2.75, 3.05) is 25.2 Å². The van der Waals surface area contributed by atoms with Crippen molar-refractivity contribution in [2.24, 2.45) is 17.3 Å². The molecule has 0 radical (unpaired) electrons. The van der Waals surface area contributed by atoms with Crippen LogP contribution in [0.4, 0.5) is 0 Å². The Kier molecular flexibility index (Phi) is 14.2. The van der Waals surface area contributed by atoms with Crippen molar-refractivity contribution in [3.8, 4) is 0 Å². The first-order valence-electron chi connectivity index (χ1n) is 19.4. The number of carbonyl (C=O) groups is 1. The Labute approximate surface area is 316 Å². The molecule has 0 unspecified atom stereocenters. The maximum Gasteiger partial charge on any atom is 0.311 e. The molecule has 1 N–H and O–H groups in total. The van der Waals surface area contributed by atoms with E-state index in [0.29, 0.717) is 25.9 Å². The van der Waals surface area contributed by atoms with Gasteiger partial charge in [-0.15, -0.1) is 30.1 Å². The van der Waals surface area contributed by atoms with Gasteiger partial charge >= 0.3 is 5.97 Å². The van der Waals surface area contributed by atoms with E-state index in [1.165, 1.54) is 0 Å². The van der Waals surface area contributed by atoms with Gasteiger partial charge in [0.2, 0.25) is 0 Å². The Balaban J connectivity index is 1.21. The monoisotopic (exact) mass is 754 g/mol. The molecule has 0 amide bonds. The highest BCUT2D eigenvalue weighted by molar-refractivity contribution is 8.18. The molecule has 11 heteroatoms. The van der Waals surface area contributed by atoms with E-state index in [1.54, 1.807) is 7.11 Å². The second kappa shape index (κ2) is 17.4. The molecule has 9 nitrogen and oxygen atoms in total. The van der Waals surface area contributed by atoms with Crippen LogP contribution in [-0.4, -0.2) is 101 Å². The van der Waals surface area contributed by atoms with Crippen LogP contribution in [0, 0.1) is 17.3 Å². The van der Waals surface area contributed by atoms with Crippen molar-refractivity contribution >= 4 is 29.5 Å². The minimum absolute atomic E-state index is 0.00827. The number of thioether (sulfide) groups is 2.